The van der Waals surface area contributed by atoms with E-state index in [1.807, 2.05) is 61.6 Å². The Morgan fingerprint density at radius 3 is 2.33 bits per heavy atom. The fourth-order valence-corrected chi connectivity index (χ4v) is 2.44. The van der Waals surface area contributed by atoms with Crippen molar-refractivity contribution in [3.63, 3.8) is 0 Å². The second kappa shape index (κ2) is 8.16. The van der Waals surface area contributed by atoms with Gasteiger partial charge in [0.25, 0.3) is 0 Å². The summed E-state index contributed by atoms with van der Waals surface area (Å²) in [5.41, 5.74) is 2.31. The zero-order chi connectivity index (χ0) is 16.2. The van der Waals surface area contributed by atoms with Crippen LogP contribution in [0.4, 0.5) is 0 Å². The molecule has 0 unspecified atom stereocenters. The molecular formula is C20H15ClFeO2. The maximum Gasteiger partial charge on any atom is 2.00 e. The average Bonchev–Trinajstić information content (AvgIpc) is 3.25. The predicted octanol–water partition coefficient (Wildman–Crippen LogP) is 4.53. The van der Waals surface area contributed by atoms with Gasteiger partial charge in [-0.25, -0.2) is 12.1 Å². The Morgan fingerprint density at radius 1 is 1.08 bits per heavy atom. The van der Waals surface area contributed by atoms with Gasteiger partial charge >= 0.3 is 17.1 Å². The largest absolute Gasteiger partial charge is 2.00 e. The Hall–Kier alpha value is -2.06. The molecule has 122 valence electrons. The van der Waals surface area contributed by atoms with Gasteiger partial charge in [-0.3, -0.25) is 0 Å². The van der Waals surface area contributed by atoms with E-state index in [0.717, 1.165) is 11.1 Å². The maximum atomic E-state index is 12.0. The quantitative estimate of drug-likeness (QED) is 0.498. The summed E-state index contributed by atoms with van der Waals surface area (Å²) in [7, 11) is 0. The minimum Gasteiger partial charge on any atom is -0.872 e. The maximum absolute atomic E-state index is 12.0. The van der Waals surface area contributed by atoms with Crippen molar-refractivity contribution in [3.05, 3.63) is 100 Å². The molecule has 1 aliphatic heterocycles. The number of rotatable bonds is 0. The average molecular weight is 379 g/mol. The van der Waals surface area contributed by atoms with Crippen LogP contribution in [0.3, 0.4) is 0 Å². The molecule has 0 bridgehead atoms. The molecule has 0 amide bonds. The van der Waals surface area contributed by atoms with E-state index < -0.39 is 0 Å². The minimum atomic E-state index is -0.0747. The molecule has 0 saturated heterocycles. The van der Waals surface area contributed by atoms with Crippen LogP contribution in [0.1, 0.15) is 11.1 Å². The Labute approximate surface area is 157 Å². The smallest absolute Gasteiger partial charge is 0.872 e. The van der Waals surface area contributed by atoms with Crippen molar-refractivity contribution in [2.45, 2.75) is 6.92 Å². The zero-order valence-electron chi connectivity index (χ0n) is 13.0. The second-order valence-electron chi connectivity index (χ2n) is 5.21. The predicted molar refractivity (Wildman–Crippen MR) is 92.1 cm³/mol. The third kappa shape index (κ3) is 4.07. The summed E-state index contributed by atoms with van der Waals surface area (Å²) in [5.74, 6) is 1.08. The van der Waals surface area contributed by atoms with Crippen LogP contribution in [0.5, 0.6) is 5.75 Å². The van der Waals surface area contributed by atoms with Gasteiger partial charge in [-0.15, -0.1) is 0 Å². The van der Waals surface area contributed by atoms with Gasteiger partial charge in [-0.1, -0.05) is 41.7 Å². The molecule has 0 atom stereocenters. The van der Waals surface area contributed by atoms with Crippen LogP contribution in [0.2, 0.25) is 5.02 Å². The molecule has 2 nitrogen and oxygen atoms in total. The van der Waals surface area contributed by atoms with Gasteiger partial charge < -0.3 is 9.84 Å². The molecule has 0 aromatic heterocycles. The van der Waals surface area contributed by atoms with Crippen molar-refractivity contribution in [1.82, 2.24) is 0 Å². The number of ether oxygens (including phenoxy) is 1. The van der Waals surface area contributed by atoms with E-state index in [0.29, 0.717) is 22.1 Å². The first-order valence-corrected chi connectivity index (χ1v) is 7.66. The van der Waals surface area contributed by atoms with Crippen LogP contribution in [-0.2, 0) is 17.1 Å². The third-order valence-corrected chi connectivity index (χ3v) is 3.92. The normalized spacial score (nSPS) is 14.2. The molecule has 2 aromatic rings. The van der Waals surface area contributed by atoms with Crippen LogP contribution in [0, 0.1) is 6.92 Å². The first kappa shape index (κ1) is 18.3. The van der Waals surface area contributed by atoms with Crippen LogP contribution in [0.25, 0.3) is 5.76 Å². The molecule has 4 heteroatoms. The van der Waals surface area contributed by atoms with Crippen molar-refractivity contribution < 1.29 is 26.9 Å². The van der Waals surface area contributed by atoms with Crippen LogP contribution in [-0.4, -0.2) is 0 Å². The molecular weight excluding hydrogens is 364 g/mol. The van der Waals surface area contributed by atoms with E-state index in [4.69, 9.17) is 16.3 Å². The zero-order valence-corrected chi connectivity index (χ0v) is 14.8. The number of hydrogen-bond donors (Lipinski definition) is 0. The molecule has 4 rings (SSSR count). The van der Waals surface area contributed by atoms with Gasteiger partial charge in [-0.05, 0) is 30.7 Å². The standard InChI is InChI=1S/C15H11ClO2.C5H5.Fe/c1-9-6-15-11(7-12(9)16)13(17)8-14(18-15)10-4-2-3-5-10;1-2-4-5-3-1;/h2-8,17H,1H3;1-5H;/q;-1;+2/p-1. The second-order valence-corrected chi connectivity index (χ2v) is 5.62. The van der Waals surface area contributed by atoms with Crippen LogP contribution < -0.4 is 9.84 Å². The molecule has 2 aromatic carbocycles. The van der Waals surface area contributed by atoms with E-state index in [9.17, 15) is 5.11 Å². The number of allylic oxidation sites excluding steroid dienone is 6. The van der Waals surface area contributed by atoms with Gasteiger partial charge in [0.1, 0.15) is 11.5 Å². The van der Waals surface area contributed by atoms with E-state index in [1.54, 1.807) is 12.1 Å². The number of hydrogen-bond acceptors (Lipinski definition) is 2. The van der Waals surface area contributed by atoms with Crippen molar-refractivity contribution in [2.24, 2.45) is 0 Å². The molecule has 2 aliphatic rings. The number of benzene rings is 1. The molecule has 0 saturated carbocycles. The third-order valence-electron chi connectivity index (χ3n) is 3.51. The summed E-state index contributed by atoms with van der Waals surface area (Å²) in [6.45, 7) is 1.89. The van der Waals surface area contributed by atoms with Gasteiger partial charge in [-0.2, -0.15) is 18.2 Å². The van der Waals surface area contributed by atoms with E-state index in [1.165, 1.54) is 6.08 Å². The molecule has 0 spiro atoms. The van der Waals surface area contributed by atoms with Gasteiger partial charge in [0.2, 0.25) is 0 Å². The summed E-state index contributed by atoms with van der Waals surface area (Å²) < 4.78 is 5.76. The summed E-state index contributed by atoms with van der Waals surface area (Å²) >= 11 is 6.02. The number of fused-ring (bicyclic) bond motifs is 1. The summed E-state index contributed by atoms with van der Waals surface area (Å²) in [6.07, 6.45) is 9.14. The van der Waals surface area contributed by atoms with E-state index in [-0.39, 0.29) is 22.8 Å². The van der Waals surface area contributed by atoms with E-state index in [2.05, 4.69) is 0 Å². The fourth-order valence-electron chi connectivity index (χ4n) is 2.28. The van der Waals surface area contributed by atoms with Crippen molar-refractivity contribution in [3.8, 4) is 5.75 Å². The molecule has 0 radical (unpaired) electrons. The number of halogens is 1. The SMILES string of the molecule is Cc1cc2c(cc1Cl)C([O-])=CC(=C1C=CC=C1)O2.[Fe+2].c1cc[cH-]c1. The summed E-state index contributed by atoms with van der Waals surface area (Å²) in [6, 6.07) is 13.5. The topological polar surface area (TPSA) is 32.3 Å². The number of aryl methyl sites for hydroxylation is 1. The Kier molecular flexibility index (Phi) is 6.22. The van der Waals surface area contributed by atoms with Gasteiger partial charge in [0, 0.05) is 16.2 Å². The Morgan fingerprint density at radius 2 is 1.75 bits per heavy atom. The van der Waals surface area contributed by atoms with Gasteiger partial charge in [0.15, 0.2) is 0 Å². The Bertz CT molecular complexity index is 796. The molecule has 24 heavy (non-hydrogen) atoms. The molecule has 1 heterocycles. The molecule has 0 fully saturated rings. The van der Waals surface area contributed by atoms with Crippen molar-refractivity contribution >= 4 is 17.4 Å². The first-order valence-electron chi connectivity index (χ1n) is 7.28. The molecule has 0 N–H and O–H groups in total. The van der Waals surface area contributed by atoms with Gasteiger partial charge in [0.05, 0.1) is 0 Å². The van der Waals surface area contributed by atoms with Crippen LogP contribution in [0.15, 0.2) is 84.2 Å². The van der Waals surface area contributed by atoms with Crippen LogP contribution >= 0.6 is 11.6 Å². The van der Waals surface area contributed by atoms with E-state index >= 15 is 0 Å². The fraction of sp³-hybridized carbons (Fsp3) is 0.0500. The summed E-state index contributed by atoms with van der Waals surface area (Å²) in [5, 5.41) is 12.6. The first-order chi connectivity index (χ1) is 11.1. The van der Waals surface area contributed by atoms with Crippen molar-refractivity contribution in [1.29, 1.82) is 0 Å². The summed E-state index contributed by atoms with van der Waals surface area (Å²) in [4.78, 5) is 0. The molecule has 1 aliphatic carbocycles. The monoisotopic (exact) mass is 378 g/mol. The minimum absolute atomic E-state index is 0. The van der Waals surface area contributed by atoms with Crippen molar-refractivity contribution in [2.75, 3.05) is 0 Å². The Balaban J connectivity index is 0.000000300.